The first-order chi connectivity index (χ1) is 6.22. The number of rotatable bonds is 1. The molecule has 4 heteroatoms. The largest absolute Gasteiger partial charge is 0.381 e. The lowest BCUT2D eigenvalue weighted by atomic mass is 9.90. The Morgan fingerprint density at radius 1 is 1.43 bits per heavy atom. The maximum atomic E-state index is 11.7. The Kier molecular flexibility index (Phi) is 2.88. The number of aliphatic hydroxyl groups is 1. The lowest BCUT2D eigenvalue weighted by Gasteiger charge is -2.38. The molecule has 4 nitrogen and oxygen atoms in total. The monoisotopic (exact) mass is 200 g/mol. The van der Waals surface area contributed by atoms with Gasteiger partial charge in [-0.1, -0.05) is 0 Å². The third-order valence-electron chi connectivity index (χ3n) is 2.72. The molecule has 0 atom stereocenters. The molecule has 0 bridgehead atoms. The third-order valence-corrected chi connectivity index (χ3v) is 2.72. The van der Waals surface area contributed by atoms with Crippen molar-refractivity contribution >= 4 is 5.91 Å². The number of carbonyl (C=O) groups excluding carboxylic acids is 1. The lowest BCUT2D eigenvalue weighted by molar-refractivity contribution is -0.149. The first-order valence-electron chi connectivity index (χ1n) is 5.03. The minimum absolute atomic E-state index is 0.156. The van der Waals surface area contributed by atoms with Gasteiger partial charge in [-0.05, 0) is 33.6 Å². The van der Waals surface area contributed by atoms with E-state index in [9.17, 15) is 9.90 Å². The average molecular weight is 200 g/mol. The molecule has 0 aromatic rings. The van der Waals surface area contributed by atoms with E-state index in [2.05, 4.69) is 0 Å². The zero-order valence-electron chi connectivity index (χ0n) is 9.21. The van der Waals surface area contributed by atoms with Crippen LogP contribution in [-0.2, 0) is 4.79 Å². The van der Waals surface area contributed by atoms with Crippen LogP contribution in [0.3, 0.4) is 0 Å². The minimum atomic E-state index is -1.26. The number of likely N-dealkylation sites (tertiary alicyclic amines) is 1. The summed E-state index contributed by atoms with van der Waals surface area (Å²) in [5.41, 5.74) is 4.53. The summed E-state index contributed by atoms with van der Waals surface area (Å²) >= 11 is 0. The molecule has 1 heterocycles. The van der Waals surface area contributed by atoms with Crippen molar-refractivity contribution < 1.29 is 9.90 Å². The van der Waals surface area contributed by atoms with Crippen LogP contribution >= 0.6 is 0 Å². The zero-order valence-corrected chi connectivity index (χ0v) is 9.21. The number of amides is 1. The first-order valence-corrected chi connectivity index (χ1v) is 5.03. The van der Waals surface area contributed by atoms with E-state index >= 15 is 0 Å². The molecule has 1 fully saturated rings. The van der Waals surface area contributed by atoms with Crippen LogP contribution < -0.4 is 5.73 Å². The van der Waals surface area contributed by atoms with Gasteiger partial charge in [0.2, 0.25) is 0 Å². The van der Waals surface area contributed by atoms with Crippen molar-refractivity contribution in [1.29, 1.82) is 0 Å². The highest BCUT2D eigenvalue weighted by Crippen LogP contribution is 2.20. The van der Waals surface area contributed by atoms with Gasteiger partial charge in [-0.25, -0.2) is 0 Å². The number of hydrogen-bond donors (Lipinski definition) is 2. The van der Waals surface area contributed by atoms with Gasteiger partial charge in [0.25, 0.3) is 5.91 Å². The minimum Gasteiger partial charge on any atom is -0.381 e. The number of piperidine rings is 1. The molecule has 0 unspecified atom stereocenters. The van der Waals surface area contributed by atoms with Crippen LogP contribution in [0.1, 0.15) is 33.6 Å². The van der Waals surface area contributed by atoms with Gasteiger partial charge in [-0.3, -0.25) is 4.79 Å². The van der Waals surface area contributed by atoms with Crippen LogP contribution in [0, 0.1) is 0 Å². The smallest absolute Gasteiger partial charge is 0.253 e. The van der Waals surface area contributed by atoms with Gasteiger partial charge in [0.05, 0.1) is 0 Å². The van der Waals surface area contributed by atoms with E-state index in [1.54, 1.807) is 4.90 Å². The van der Waals surface area contributed by atoms with Crippen LogP contribution in [0.4, 0.5) is 0 Å². The summed E-state index contributed by atoms with van der Waals surface area (Å²) < 4.78 is 0. The molecule has 82 valence electrons. The van der Waals surface area contributed by atoms with Crippen molar-refractivity contribution in [3.63, 3.8) is 0 Å². The van der Waals surface area contributed by atoms with Gasteiger partial charge in [-0.15, -0.1) is 0 Å². The highest BCUT2D eigenvalue weighted by Gasteiger charge is 2.34. The summed E-state index contributed by atoms with van der Waals surface area (Å²) in [6.07, 6.45) is 1.60. The maximum Gasteiger partial charge on any atom is 0.253 e. The van der Waals surface area contributed by atoms with Crippen molar-refractivity contribution in [2.75, 3.05) is 13.1 Å². The van der Waals surface area contributed by atoms with Gasteiger partial charge >= 0.3 is 0 Å². The summed E-state index contributed by atoms with van der Waals surface area (Å²) in [5.74, 6) is -0.201. The fourth-order valence-electron chi connectivity index (χ4n) is 1.61. The second-order valence-electron chi connectivity index (χ2n) is 5.01. The third kappa shape index (κ3) is 2.69. The number of carbonyl (C=O) groups is 1. The molecule has 1 aliphatic heterocycles. The van der Waals surface area contributed by atoms with Gasteiger partial charge in [0, 0.05) is 18.6 Å². The van der Waals surface area contributed by atoms with Crippen LogP contribution in [0.2, 0.25) is 0 Å². The molecule has 0 aliphatic carbocycles. The topological polar surface area (TPSA) is 66.6 Å². The van der Waals surface area contributed by atoms with Gasteiger partial charge in [-0.2, -0.15) is 0 Å². The summed E-state index contributed by atoms with van der Waals surface area (Å²) in [4.78, 5) is 13.4. The van der Waals surface area contributed by atoms with E-state index in [1.165, 1.54) is 13.8 Å². The SMILES string of the molecule is CC1(N)CCN(C(=O)C(C)(C)O)CC1. The predicted octanol–water partition coefficient (Wildman–Crippen LogP) is 0.0971. The molecule has 0 radical (unpaired) electrons. The Hall–Kier alpha value is -0.610. The maximum absolute atomic E-state index is 11.7. The average Bonchev–Trinajstić information content (AvgIpc) is 2.01. The summed E-state index contributed by atoms with van der Waals surface area (Å²) in [6, 6.07) is 0. The second kappa shape index (κ2) is 3.51. The van der Waals surface area contributed by atoms with Crippen molar-refractivity contribution in [2.24, 2.45) is 5.73 Å². The lowest BCUT2D eigenvalue weighted by Crippen LogP contribution is -2.54. The van der Waals surface area contributed by atoms with E-state index < -0.39 is 5.60 Å². The molecular formula is C10H20N2O2. The summed E-state index contributed by atoms with van der Waals surface area (Å²) in [7, 11) is 0. The van der Waals surface area contributed by atoms with Crippen LogP contribution in [0.15, 0.2) is 0 Å². The quantitative estimate of drug-likeness (QED) is 0.630. The molecule has 1 rings (SSSR count). The Morgan fingerprint density at radius 3 is 2.21 bits per heavy atom. The fourth-order valence-corrected chi connectivity index (χ4v) is 1.61. The van der Waals surface area contributed by atoms with Crippen LogP contribution in [-0.4, -0.2) is 40.1 Å². The van der Waals surface area contributed by atoms with Gasteiger partial charge in [0.1, 0.15) is 5.60 Å². The highest BCUT2D eigenvalue weighted by atomic mass is 16.3. The molecule has 0 saturated carbocycles. The molecule has 14 heavy (non-hydrogen) atoms. The molecular weight excluding hydrogens is 180 g/mol. The molecule has 3 N–H and O–H groups in total. The van der Waals surface area contributed by atoms with Crippen LogP contribution in [0.5, 0.6) is 0 Å². The summed E-state index contributed by atoms with van der Waals surface area (Å²) in [6.45, 7) is 6.34. The van der Waals surface area contributed by atoms with Gasteiger partial charge < -0.3 is 15.7 Å². The molecule has 1 saturated heterocycles. The fraction of sp³-hybridized carbons (Fsp3) is 0.900. The molecule has 1 aliphatic rings. The van der Waals surface area contributed by atoms with E-state index in [0.29, 0.717) is 13.1 Å². The predicted molar refractivity (Wildman–Crippen MR) is 54.7 cm³/mol. The van der Waals surface area contributed by atoms with E-state index in [-0.39, 0.29) is 11.4 Å². The normalized spacial score (nSPS) is 22.2. The number of nitrogens with two attached hydrogens (primary N) is 1. The van der Waals surface area contributed by atoms with Crippen molar-refractivity contribution in [3.05, 3.63) is 0 Å². The standard InChI is InChI=1S/C10H20N2O2/c1-9(2,14)8(13)12-6-4-10(3,11)5-7-12/h14H,4-7,11H2,1-3H3. The number of nitrogens with zero attached hydrogens (tertiary/aromatic N) is 1. The van der Waals surface area contributed by atoms with Crippen molar-refractivity contribution in [1.82, 2.24) is 4.90 Å². The van der Waals surface area contributed by atoms with Gasteiger partial charge in [0.15, 0.2) is 0 Å². The van der Waals surface area contributed by atoms with E-state index in [4.69, 9.17) is 5.73 Å². The number of hydrogen-bond acceptors (Lipinski definition) is 3. The van der Waals surface area contributed by atoms with E-state index in [1.807, 2.05) is 6.92 Å². The van der Waals surface area contributed by atoms with Crippen molar-refractivity contribution in [2.45, 2.75) is 44.8 Å². The highest BCUT2D eigenvalue weighted by molar-refractivity contribution is 5.84. The van der Waals surface area contributed by atoms with Crippen molar-refractivity contribution in [3.8, 4) is 0 Å². The Morgan fingerprint density at radius 2 is 1.86 bits per heavy atom. The Balaban J connectivity index is 2.55. The molecule has 1 amide bonds. The first kappa shape index (κ1) is 11.5. The van der Waals surface area contributed by atoms with Crippen LogP contribution in [0.25, 0.3) is 0 Å². The molecule has 0 aromatic carbocycles. The Bertz CT molecular complexity index is 221. The molecule has 0 aromatic heterocycles. The second-order valence-corrected chi connectivity index (χ2v) is 5.01. The molecule has 0 spiro atoms. The zero-order chi connectivity index (χ0) is 11.0. The van der Waals surface area contributed by atoms with E-state index in [0.717, 1.165) is 12.8 Å². The Labute approximate surface area is 85.1 Å². The summed E-state index contributed by atoms with van der Waals surface area (Å²) in [5, 5.41) is 9.55.